The monoisotopic (exact) mass is 211 g/mol. The minimum atomic E-state index is 0.704. The molecule has 0 aliphatic rings. The van der Waals surface area contributed by atoms with Crippen molar-refractivity contribution in [2.45, 2.75) is 39.5 Å². The van der Waals surface area contributed by atoms with Crippen molar-refractivity contribution >= 4 is 5.69 Å². The van der Waals surface area contributed by atoms with Crippen LogP contribution in [0.2, 0.25) is 0 Å². The zero-order valence-electron chi connectivity index (χ0n) is 9.92. The van der Waals surface area contributed by atoms with Crippen LogP contribution < -0.4 is 10.5 Å². The predicted octanol–water partition coefficient (Wildman–Crippen LogP) is 2.13. The molecule has 0 fully saturated rings. The molecule has 0 spiro atoms. The first-order valence-corrected chi connectivity index (χ1v) is 5.64. The van der Waals surface area contributed by atoms with Crippen LogP contribution in [0.25, 0.3) is 0 Å². The number of anilines is 1. The first-order chi connectivity index (χ1) is 7.20. The van der Waals surface area contributed by atoms with E-state index in [4.69, 9.17) is 10.5 Å². The van der Waals surface area contributed by atoms with Crippen molar-refractivity contribution in [2.75, 3.05) is 12.3 Å². The molecule has 0 unspecified atom stereocenters. The van der Waals surface area contributed by atoms with Gasteiger partial charge in [0, 0.05) is 7.05 Å². The van der Waals surface area contributed by atoms with Crippen LogP contribution in [0.1, 0.15) is 38.8 Å². The lowest BCUT2D eigenvalue weighted by atomic mass is 10.2. The topological polar surface area (TPSA) is 53.1 Å². The molecule has 2 N–H and O–H groups in total. The lowest BCUT2D eigenvalue weighted by Gasteiger charge is -2.05. The lowest BCUT2D eigenvalue weighted by Crippen LogP contribution is -2.03. The first-order valence-electron chi connectivity index (χ1n) is 5.64. The van der Waals surface area contributed by atoms with E-state index in [0.717, 1.165) is 31.4 Å². The molecule has 0 radical (unpaired) electrons. The Balaban J connectivity index is 2.69. The van der Waals surface area contributed by atoms with Crippen LogP contribution >= 0.6 is 0 Å². The number of nitrogens with zero attached hydrogens (tertiary/aromatic N) is 2. The molecular weight excluding hydrogens is 190 g/mol. The van der Waals surface area contributed by atoms with Crippen molar-refractivity contribution in [3.63, 3.8) is 0 Å². The van der Waals surface area contributed by atoms with E-state index in [-0.39, 0.29) is 0 Å². The Morgan fingerprint density at radius 2 is 2.07 bits per heavy atom. The molecular formula is C11H21N3O. The fraction of sp³-hybridized carbons (Fsp3) is 0.727. The molecule has 1 heterocycles. The molecule has 86 valence electrons. The molecule has 4 heteroatoms. The van der Waals surface area contributed by atoms with Gasteiger partial charge in [0.1, 0.15) is 5.69 Å². The van der Waals surface area contributed by atoms with Gasteiger partial charge in [-0.05, 0) is 12.8 Å². The summed E-state index contributed by atoms with van der Waals surface area (Å²) >= 11 is 0. The van der Waals surface area contributed by atoms with Gasteiger partial charge in [0.2, 0.25) is 5.88 Å². The number of hydrogen-bond donors (Lipinski definition) is 1. The Labute approximate surface area is 91.4 Å². The van der Waals surface area contributed by atoms with Gasteiger partial charge in [-0.1, -0.05) is 26.7 Å². The van der Waals surface area contributed by atoms with Crippen LogP contribution in [-0.2, 0) is 13.5 Å². The van der Waals surface area contributed by atoms with Crippen molar-refractivity contribution in [3.05, 3.63) is 5.69 Å². The van der Waals surface area contributed by atoms with Crippen LogP contribution in [0, 0.1) is 0 Å². The van der Waals surface area contributed by atoms with E-state index in [1.54, 1.807) is 4.68 Å². The van der Waals surface area contributed by atoms with E-state index in [9.17, 15) is 0 Å². The third kappa shape index (κ3) is 2.88. The number of ether oxygens (including phenoxy) is 1. The summed E-state index contributed by atoms with van der Waals surface area (Å²) in [5.74, 6) is 0.715. The Bertz CT molecular complexity index is 307. The highest BCUT2D eigenvalue weighted by Gasteiger charge is 2.13. The van der Waals surface area contributed by atoms with Gasteiger partial charge in [0.15, 0.2) is 0 Å². The van der Waals surface area contributed by atoms with Gasteiger partial charge in [-0.25, -0.2) is 4.68 Å². The minimum absolute atomic E-state index is 0.704. The van der Waals surface area contributed by atoms with E-state index >= 15 is 0 Å². The van der Waals surface area contributed by atoms with Gasteiger partial charge >= 0.3 is 0 Å². The quantitative estimate of drug-likeness (QED) is 0.733. The maximum Gasteiger partial charge on any atom is 0.235 e. The fourth-order valence-electron chi connectivity index (χ4n) is 1.48. The van der Waals surface area contributed by atoms with Gasteiger partial charge in [0.05, 0.1) is 12.3 Å². The lowest BCUT2D eigenvalue weighted by molar-refractivity contribution is 0.285. The number of aryl methyl sites for hydroxylation is 2. The fourth-order valence-corrected chi connectivity index (χ4v) is 1.48. The average Bonchev–Trinajstić information content (AvgIpc) is 2.46. The zero-order valence-corrected chi connectivity index (χ0v) is 9.92. The molecule has 0 atom stereocenters. The third-order valence-electron chi connectivity index (χ3n) is 2.33. The maximum absolute atomic E-state index is 5.96. The van der Waals surface area contributed by atoms with E-state index < -0.39 is 0 Å². The van der Waals surface area contributed by atoms with E-state index in [1.165, 1.54) is 0 Å². The molecule has 1 rings (SSSR count). The van der Waals surface area contributed by atoms with Crippen molar-refractivity contribution in [1.82, 2.24) is 9.78 Å². The van der Waals surface area contributed by atoms with Gasteiger partial charge in [0.25, 0.3) is 0 Å². The van der Waals surface area contributed by atoms with Crippen LogP contribution in [0.5, 0.6) is 5.88 Å². The molecule has 0 saturated carbocycles. The Hall–Kier alpha value is -1.19. The maximum atomic E-state index is 5.96. The molecule has 0 aromatic carbocycles. The molecule has 0 aliphatic carbocycles. The summed E-state index contributed by atoms with van der Waals surface area (Å²) < 4.78 is 7.34. The summed E-state index contributed by atoms with van der Waals surface area (Å²) in [7, 11) is 1.87. The molecule has 0 aliphatic heterocycles. The first kappa shape index (κ1) is 11.9. The summed E-state index contributed by atoms with van der Waals surface area (Å²) in [4.78, 5) is 0. The third-order valence-corrected chi connectivity index (χ3v) is 2.33. The van der Waals surface area contributed by atoms with Crippen molar-refractivity contribution < 1.29 is 4.74 Å². The number of rotatable bonds is 6. The number of aromatic nitrogens is 2. The van der Waals surface area contributed by atoms with Gasteiger partial charge in [-0.15, -0.1) is 0 Å². The summed E-state index contributed by atoms with van der Waals surface area (Å²) in [5.41, 5.74) is 7.62. The summed E-state index contributed by atoms with van der Waals surface area (Å²) in [6, 6.07) is 0. The van der Waals surface area contributed by atoms with Gasteiger partial charge in [-0.3, -0.25) is 0 Å². The highest BCUT2D eigenvalue weighted by atomic mass is 16.5. The van der Waals surface area contributed by atoms with Crippen LogP contribution in [0.4, 0.5) is 5.69 Å². The normalized spacial score (nSPS) is 10.6. The smallest absolute Gasteiger partial charge is 0.235 e. The minimum Gasteiger partial charge on any atom is -0.476 e. The Kier molecular flexibility index (Phi) is 4.46. The molecule has 0 saturated heterocycles. The van der Waals surface area contributed by atoms with Gasteiger partial charge < -0.3 is 10.5 Å². The molecule has 15 heavy (non-hydrogen) atoms. The molecule has 0 amide bonds. The zero-order chi connectivity index (χ0) is 11.3. The predicted molar refractivity (Wildman–Crippen MR) is 62.0 cm³/mol. The van der Waals surface area contributed by atoms with E-state index in [0.29, 0.717) is 18.2 Å². The summed E-state index contributed by atoms with van der Waals surface area (Å²) in [5, 5.41) is 4.35. The number of unbranched alkanes of at least 4 members (excludes halogenated alkanes) is 1. The Morgan fingerprint density at radius 1 is 1.33 bits per heavy atom. The van der Waals surface area contributed by atoms with Crippen LogP contribution in [0.15, 0.2) is 0 Å². The summed E-state index contributed by atoms with van der Waals surface area (Å²) in [6.45, 7) is 4.97. The SMILES string of the molecule is CCCCOc1c(N)c(CCC)nn1C. The molecule has 4 nitrogen and oxygen atoms in total. The second-order valence-electron chi connectivity index (χ2n) is 3.74. The van der Waals surface area contributed by atoms with E-state index in [1.807, 2.05) is 7.05 Å². The highest BCUT2D eigenvalue weighted by Crippen LogP contribution is 2.25. The Morgan fingerprint density at radius 3 is 2.67 bits per heavy atom. The van der Waals surface area contributed by atoms with Crippen molar-refractivity contribution in [3.8, 4) is 5.88 Å². The second kappa shape index (κ2) is 5.63. The largest absolute Gasteiger partial charge is 0.476 e. The number of nitrogens with two attached hydrogens (primary N) is 1. The molecule has 1 aromatic heterocycles. The number of nitrogen functional groups attached to an aromatic ring is 1. The van der Waals surface area contributed by atoms with Gasteiger partial charge in [-0.2, -0.15) is 5.10 Å². The highest BCUT2D eigenvalue weighted by molar-refractivity contribution is 5.53. The van der Waals surface area contributed by atoms with Crippen LogP contribution in [0.3, 0.4) is 0 Å². The second-order valence-corrected chi connectivity index (χ2v) is 3.74. The summed E-state index contributed by atoms with van der Waals surface area (Å²) in [6.07, 6.45) is 4.14. The molecule has 1 aromatic rings. The average molecular weight is 211 g/mol. The van der Waals surface area contributed by atoms with E-state index in [2.05, 4.69) is 18.9 Å². The van der Waals surface area contributed by atoms with Crippen molar-refractivity contribution in [1.29, 1.82) is 0 Å². The molecule has 0 bridgehead atoms. The number of hydrogen-bond acceptors (Lipinski definition) is 3. The standard InChI is InChI=1S/C11H21N3O/c1-4-6-8-15-11-10(12)9(7-5-2)13-14(11)3/h4-8,12H2,1-3H3. The van der Waals surface area contributed by atoms with Crippen molar-refractivity contribution in [2.24, 2.45) is 7.05 Å². The van der Waals surface area contributed by atoms with Crippen LogP contribution in [-0.4, -0.2) is 16.4 Å².